The lowest BCUT2D eigenvalue weighted by Gasteiger charge is -2.24. The number of ether oxygens (including phenoxy) is 1. The number of nitrogens with one attached hydrogen (secondary N) is 2. The van der Waals surface area contributed by atoms with Crippen LogP contribution in [0.1, 0.15) is 13.8 Å². The average Bonchev–Trinajstić information content (AvgIpc) is 2.97. The third-order valence-electron chi connectivity index (χ3n) is 5.65. The van der Waals surface area contributed by atoms with Gasteiger partial charge in [0.15, 0.2) is 11.6 Å². The van der Waals surface area contributed by atoms with Crippen LogP contribution in [0.5, 0.6) is 0 Å². The maximum atomic E-state index is 14.8. The molecule has 0 radical (unpaired) electrons. The standard InChI is InChI=1S/C19H22F2N4O4/c1-9(26)22-5-12-6-25(19(28)29-12)11-3-15(20)18(16(21)4-11)24-7-13-14(8-24)17(13)23-10(2)27/h3-4,12-14,17H,5-8H2,1-2H3,(H,22,26)(H,23,27)/t12-,13-,14+,17?/m0/s1. The van der Waals surface area contributed by atoms with E-state index < -0.39 is 23.8 Å². The third kappa shape index (κ3) is 3.70. The molecule has 1 aliphatic carbocycles. The van der Waals surface area contributed by atoms with Crippen molar-refractivity contribution in [3.05, 3.63) is 23.8 Å². The summed E-state index contributed by atoms with van der Waals surface area (Å²) in [4.78, 5) is 37.0. The topological polar surface area (TPSA) is 91.0 Å². The minimum absolute atomic E-state index is 0.0690. The van der Waals surface area contributed by atoms with Gasteiger partial charge in [0.1, 0.15) is 11.8 Å². The number of nitrogens with zero attached hydrogens (tertiary/aromatic N) is 2. The van der Waals surface area contributed by atoms with Crippen molar-refractivity contribution in [2.24, 2.45) is 11.8 Å². The van der Waals surface area contributed by atoms with Crippen LogP contribution < -0.4 is 20.4 Å². The second-order valence-corrected chi connectivity index (χ2v) is 7.77. The first-order chi connectivity index (χ1) is 13.7. The summed E-state index contributed by atoms with van der Waals surface area (Å²) in [6.45, 7) is 3.95. The lowest BCUT2D eigenvalue weighted by molar-refractivity contribution is -0.120. The van der Waals surface area contributed by atoms with Gasteiger partial charge in [-0.3, -0.25) is 14.5 Å². The van der Waals surface area contributed by atoms with E-state index in [1.807, 2.05) is 0 Å². The van der Waals surface area contributed by atoms with Crippen molar-refractivity contribution in [3.8, 4) is 0 Å². The van der Waals surface area contributed by atoms with Crippen LogP contribution in [0.15, 0.2) is 12.1 Å². The van der Waals surface area contributed by atoms with Gasteiger partial charge in [0, 0.05) is 56.9 Å². The molecule has 4 atom stereocenters. The SMILES string of the molecule is CC(=O)NC[C@H]1CN(c2cc(F)c(N3C[C@@H]4C(NC(C)=O)[C@@H]4C3)c(F)c2)C(=O)O1. The normalized spacial score (nSPS) is 27.5. The summed E-state index contributed by atoms with van der Waals surface area (Å²) < 4.78 is 34.6. The summed E-state index contributed by atoms with van der Waals surface area (Å²) in [6, 6.07) is 2.32. The minimum Gasteiger partial charge on any atom is -0.442 e. The number of hydrogen-bond donors (Lipinski definition) is 2. The highest BCUT2D eigenvalue weighted by Crippen LogP contribution is 2.48. The molecule has 2 N–H and O–H groups in total. The first-order valence-corrected chi connectivity index (χ1v) is 9.48. The Morgan fingerprint density at radius 1 is 1.10 bits per heavy atom. The quantitative estimate of drug-likeness (QED) is 0.759. The molecular weight excluding hydrogens is 386 g/mol. The number of carbonyl (C=O) groups excluding carboxylic acids is 3. The predicted molar refractivity (Wildman–Crippen MR) is 99.5 cm³/mol. The second kappa shape index (κ2) is 7.16. The van der Waals surface area contributed by atoms with Crippen molar-refractivity contribution < 1.29 is 27.9 Å². The van der Waals surface area contributed by atoms with E-state index in [0.29, 0.717) is 13.1 Å². The first-order valence-electron chi connectivity index (χ1n) is 9.48. The fourth-order valence-corrected chi connectivity index (χ4v) is 4.26. The van der Waals surface area contributed by atoms with Crippen LogP contribution in [-0.2, 0) is 14.3 Å². The number of benzene rings is 1. The number of fused-ring (bicyclic) bond motifs is 1. The lowest BCUT2D eigenvalue weighted by atomic mass is 10.2. The van der Waals surface area contributed by atoms with Gasteiger partial charge in [-0.05, 0) is 0 Å². The van der Waals surface area contributed by atoms with Gasteiger partial charge in [-0.2, -0.15) is 0 Å². The number of amides is 3. The Morgan fingerprint density at radius 2 is 1.72 bits per heavy atom. The van der Waals surface area contributed by atoms with Gasteiger partial charge in [-0.25, -0.2) is 13.6 Å². The molecule has 3 amide bonds. The van der Waals surface area contributed by atoms with Crippen LogP contribution in [0.4, 0.5) is 25.0 Å². The highest BCUT2D eigenvalue weighted by Gasteiger charge is 2.56. The van der Waals surface area contributed by atoms with Crippen molar-refractivity contribution in [3.63, 3.8) is 0 Å². The van der Waals surface area contributed by atoms with Gasteiger partial charge in [0.2, 0.25) is 11.8 Å². The molecule has 8 nitrogen and oxygen atoms in total. The van der Waals surface area contributed by atoms with E-state index in [1.54, 1.807) is 4.90 Å². The van der Waals surface area contributed by atoms with Crippen molar-refractivity contribution >= 4 is 29.3 Å². The van der Waals surface area contributed by atoms with Crippen LogP contribution in [0.25, 0.3) is 0 Å². The number of anilines is 2. The van der Waals surface area contributed by atoms with Crippen molar-refractivity contribution in [1.82, 2.24) is 10.6 Å². The Kier molecular flexibility index (Phi) is 4.79. The van der Waals surface area contributed by atoms with Gasteiger partial charge in [-0.15, -0.1) is 0 Å². The zero-order valence-corrected chi connectivity index (χ0v) is 16.1. The van der Waals surface area contributed by atoms with Crippen LogP contribution in [0, 0.1) is 23.5 Å². The fraction of sp³-hybridized carbons (Fsp3) is 0.526. The van der Waals surface area contributed by atoms with E-state index >= 15 is 0 Å². The Morgan fingerprint density at radius 3 is 2.28 bits per heavy atom. The fourth-order valence-electron chi connectivity index (χ4n) is 4.26. The number of hydrogen-bond acceptors (Lipinski definition) is 5. The van der Waals surface area contributed by atoms with E-state index in [4.69, 9.17) is 4.74 Å². The summed E-state index contributed by atoms with van der Waals surface area (Å²) in [7, 11) is 0. The minimum atomic E-state index is -0.754. The van der Waals surface area contributed by atoms with Gasteiger partial charge >= 0.3 is 6.09 Å². The molecule has 1 unspecified atom stereocenters. The molecule has 1 aromatic carbocycles. The molecule has 10 heteroatoms. The molecule has 2 aliphatic heterocycles. The average molecular weight is 408 g/mol. The Balaban J connectivity index is 1.44. The zero-order chi connectivity index (χ0) is 20.9. The zero-order valence-electron chi connectivity index (χ0n) is 16.1. The Bertz CT molecular complexity index is 845. The van der Waals surface area contributed by atoms with Crippen molar-refractivity contribution in [1.29, 1.82) is 0 Å². The monoisotopic (exact) mass is 408 g/mol. The second-order valence-electron chi connectivity index (χ2n) is 7.77. The summed E-state index contributed by atoms with van der Waals surface area (Å²) in [5, 5.41) is 5.40. The lowest BCUT2D eigenvalue weighted by Crippen LogP contribution is -2.34. The van der Waals surface area contributed by atoms with Gasteiger partial charge < -0.3 is 20.3 Å². The van der Waals surface area contributed by atoms with Crippen LogP contribution in [-0.4, -0.2) is 56.2 Å². The summed E-state index contributed by atoms with van der Waals surface area (Å²) in [5.74, 6) is -1.48. The third-order valence-corrected chi connectivity index (χ3v) is 5.65. The molecule has 3 aliphatic rings. The maximum absolute atomic E-state index is 14.8. The molecule has 2 saturated heterocycles. The summed E-state index contributed by atoms with van der Waals surface area (Å²) in [6.07, 6.45) is -1.30. The molecule has 29 heavy (non-hydrogen) atoms. The Hall–Kier alpha value is -2.91. The Labute approximate surface area is 166 Å². The van der Waals surface area contributed by atoms with Crippen LogP contribution in [0.2, 0.25) is 0 Å². The maximum Gasteiger partial charge on any atom is 0.414 e. The highest BCUT2D eigenvalue weighted by molar-refractivity contribution is 5.90. The molecule has 0 spiro atoms. The summed E-state index contributed by atoms with van der Waals surface area (Å²) >= 11 is 0. The van der Waals surface area contributed by atoms with E-state index in [0.717, 1.165) is 17.0 Å². The van der Waals surface area contributed by atoms with E-state index in [2.05, 4.69) is 10.6 Å². The molecule has 4 rings (SSSR count). The van der Waals surface area contributed by atoms with E-state index in [-0.39, 0.29) is 54.2 Å². The highest BCUT2D eigenvalue weighted by atomic mass is 19.1. The molecule has 1 saturated carbocycles. The van der Waals surface area contributed by atoms with Gasteiger partial charge in [0.05, 0.1) is 18.8 Å². The smallest absolute Gasteiger partial charge is 0.414 e. The van der Waals surface area contributed by atoms with Gasteiger partial charge in [-0.1, -0.05) is 0 Å². The molecule has 3 fully saturated rings. The van der Waals surface area contributed by atoms with Crippen LogP contribution in [0.3, 0.4) is 0 Å². The molecule has 0 aromatic heterocycles. The summed E-state index contributed by atoms with van der Waals surface area (Å²) in [5.41, 5.74) is -0.0514. The van der Waals surface area contributed by atoms with E-state index in [1.165, 1.54) is 13.8 Å². The number of halogens is 2. The largest absolute Gasteiger partial charge is 0.442 e. The van der Waals surface area contributed by atoms with Crippen LogP contribution >= 0.6 is 0 Å². The molecular formula is C19H22F2N4O4. The number of rotatable bonds is 5. The van der Waals surface area contributed by atoms with E-state index in [9.17, 15) is 23.2 Å². The van der Waals surface area contributed by atoms with Crippen molar-refractivity contribution in [2.45, 2.75) is 26.0 Å². The molecule has 156 valence electrons. The first kappa shape index (κ1) is 19.4. The number of cyclic esters (lactones) is 1. The number of piperidine rings is 1. The predicted octanol–water partition coefficient (Wildman–Crippen LogP) is 0.997. The number of carbonyl (C=O) groups is 3. The molecule has 1 aromatic rings. The molecule has 2 heterocycles. The van der Waals surface area contributed by atoms with Gasteiger partial charge in [0.25, 0.3) is 0 Å². The molecule has 0 bridgehead atoms. The van der Waals surface area contributed by atoms with Crippen molar-refractivity contribution in [2.75, 3.05) is 36.0 Å².